The highest BCUT2D eigenvalue weighted by Crippen LogP contribution is 2.16. The molecule has 25 heavy (non-hydrogen) atoms. The van der Waals surface area contributed by atoms with Crippen LogP contribution in [0, 0.1) is 0 Å². The third-order valence-corrected chi connectivity index (χ3v) is 5.35. The molecule has 0 unspecified atom stereocenters. The molecule has 0 spiro atoms. The Morgan fingerprint density at radius 3 is 2.08 bits per heavy atom. The SMILES string of the molecule is CCCCCCCCCC[C@H](O)CN1CCN(c2ccccc2)CC1. The van der Waals surface area contributed by atoms with Crippen molar-refractivity contribution in [1.82, 2.24) is 4.90 Å². The number of β-amino-alcohol motifs (C(OH)–C–C–N with tert-alkyl or cyclic N) is 1. The normalized spacial score (nSPS) is 17.0. The summed E-state index contributed by atoms with van der Waals surface area (Å²) in [5.41, 5.74) is 1.32. The van der Waals surface area contributed by atoms with Gasteiger partial charge in [0.2, 0.25) is 0 Å². The highest BCUT2D eigenvalue weighted by atomic mass is 16.3. The van der Waals surface area contributed by atoms with Crippen molar-refractivity contribution in [3.63, 3.8) is 0 Å². The second kappa shape index (κ2) is 12.3. The van der Waals surface area contributed by atoms with Crippen molar-refractivity contribution < 1.29 is 5.11 Å². The summed E-state index contributed by atoms with van der Waals surface area (Å²) in [6.45, 7) is 7.36. The molecule has 0 radical (unpaired) electrons. The minimum Gasteiger partial charge on any atom is -0.392 e. The lowest BCUT2D eigenvalue weighted by Gasteiger charge is -2.37. The fraction of sp³-hybridized carbons (Fsp3) is 0.727. The minimum absolute atomic E-state index is 0.150. The van der Waals surface area contributed by atoms with Gasteiger partial charge in [-0.2, -0.15) is 0 Å². The Labute approximate surface area is 155 Å². The molecule has 3 nitrogen and oxygen atoms in total. The zero-order valence-corrected chi connectivity index (χ0v) is 16.2. The third kappa shape index (κ3) is 8.24. The lowest BCUT2D eigenvalue weighted by atomic mass is 10.1. The highest BCUT2D eigenvalue weighted by molar-refractivity contribution is 5.46. The standard InChI is InChI=1S/C22H38N2O/c1-2-3-4-5-6-7-8-12-15-22(25)20-23-16-18-24(19-17-23)21-13-10-9-11-14-21/h9-11,13-14,22,25H,2-8,12,15-20H2,1H3/t22-/m0/s1. The molecule has 2 rings (SSSR count). The van der Waals surface area contributed by atoms with E-state index in [0.29, 0.717) is 0 Å². The van der Waals surface area contributed by atoms with Crippen molar-refractivity contribution in [3.8, 4) is 0 Å². The fourth-order valence-electron chi connectivity index (χ4n) is 3.73. The van der Waals surface area contributed by atoms with E-state index in [4.69, 9.17) is 0 Å². The van der Waals surface area contributed by atoms with Crippen LogP contribution in [-0.4, -0.2) is 48.8 Å². The minimum atomic E-state index is -0.150. The molecule has 1 N–H and O–H groups in total. The summed E-state index contributed by atoms with van der Waals surface area (Å²) < 4.78 is 0. The van der Waals surface area contributed by atoms with E-state index in [0.717, 1.165) is 39.1 Å². The molecule has 1 saturated heterocycles. The van der Waals surface area contributed by atoms with Crippen molar-refractivity contribution in [2.75, 3.05) is 37.6 Å². The first-order valence-electron chi connectivity index (χ1n) is 10.5. The van der Waals surface area contributed by atoms with E-state index in [1.165, 1.54) is 57.1 Å². The van der Waals surface area contributed by atoms with Crippen LogP contribution in [0.15, 0.2) is 30.3 Å². The largest absolute Gasteiger partial charge is 0.392 e. The molecule has 1 aromatic carbocycles. The number of nitrogens with zero attached hydrogens (tertiary/aromatic N) is 2. The number of para-hydroxylation sites is 1. The van der Waals surface area contributed by atoms with E-state index < -0.39 is 0 Å². The Morgan fingerprint density at radius 1 is 0.840 bits per heavy atom. The number of hydrogen-bond acceptors (Lipinski definition) is 3. The molecule has 0 aromatic heterocycles. The van der Waals surface area contributed by atoms with Gasteiger partial charge in [-0.1, -0.05) is 76.5 Å². The van der Waals surface area contributed by atoms with Crippen molar-refractivity contribution in [1.29, 1.82) is 0 Å². The maximum atomic E-state index is 10.3. The number of anilines is 1. The number of aliphatic hydroxyl groups excluding tert-OH is 1. The Morgan fingerprint density at radius 2 is 1.44 bits per heavy atom. The van der Waals surface area contributed by atoms with E-state index in [1.54, 1.807) is 0 Å². The van der Waals surface area contributed by atoms with Crippen LogP contribution < -0.4 is 4.90 Å². The maximum Gasteiger partial charge on any atom is 0.0667 e. The van der Waals surface area contributed by atoms with Gasteiger partial charge in [-0.15, -0.1) is 0 Å². The molecule has 1 heterocycles. The number of aliphatic hydroxyl groups is 1. The van der Waals surface area contributed by atoms with Crippen LogP contribution >= 0.6 is 0 Å². The lowest BCUT2D eigenvalue weighted by molar-refractivity contribution is 0.0996. The Kier molecular flexibility index (Phi) is 9.98. The van der Waals surface area contributed by atoms with Crippen LogP contribution in [0.1, 0.15) is 64.7 Å². The molecule has 0 aliphatic carbocycles. The lowest BCUT2D eigenvalue weighted by Crippen LogP contribution is -2.48. The Bertz CT molecular complexity index is 429. The van der Waals surface area contributed by atoms with E-state index in [-0.39, 0.29) is 6.10 Å². The van der Waals surface area contributed by atoms with Gasteiger partial charge in [0.05, 0.1) is 6.10 Å². The molecule has 3 heteroatoms. The van der Waals surface area contributed by atoms with Gasteiger partial charge in [0.25, 0.3) is 0 Å². The van der Waals surface area contributed by atoms with Gasteiger partial charge in [-0.25, -0.2) is 0 Å². The first-order valence-corrected chi connectivity index (χ1v) is 10.5. The summed E-state index contributed by atoms with van der Waals surface area (Å²) >= 11 is 0. The third-order valence-electron chi connectivity index (χ3n) is 5.35. The first kappa shape index (κ1) is 20.3. The van der Waals surface area contributed by atoms with Crippen molar-refractivity contribution in [2.45, 2.75) is 70.8 Å². The average Bonchev–Trinajstić information content (AvgIpc) is 2.65. The first-order chi connectivity index (χ1) is 12.3. The second-order valence-electron chi connectivity index (χ2n) is 7.54. The van der Waals surface area contributed by atoms with Gasteiger partial charge in [-0.05, 0) is 18.6 Å². The summed E-state index contributed by atoms with van der Waals surface area (Å²) in [6, 6.07) is 10.7. The smallest absolute Gasteiger partial charge is 0.0667 e. The summed E-state index contributed by atoms with van der Waals surface area (Å²) in [7, 11) is 0. The van der Waals surface area contributed by atoms with Crippen LogP contribution in [-0.2, 0) is 0 Å². The quantitative estimate of drug-likeness (QED) is 0.556. The summed E-state index contributed by atoms with van der Waals surface area (Å²) in [4.78, 5) is 4.87. The van der Waals surface area contributed by atoms with E-state index in [1.807, 2.05) is 0 Å². The van der Waals surface area contributed by atoms with Crippen LogP contribution in [0.5, 0.6) is 0 Å². The molecule has 0 bridgehead atoms. The molecular formula is C22H38N2O. The molecular weight excluding hydrogens is 308 g/mol. The fourth-order valence-corrected chi connectivity index (χ4v) is 3.73. The molecule has 1 aliphatic rings. The zero-order valence-electron chi connectivity index (χ0n) is 16.2. The van der Waals surface area contributed by atoms with Gasteiger partial charge in [0.15, 0.2) is 0 Å². The van der Waals surface area contributed by atoms with Gasteiger partial charge < -0.3 is 10.0 Å². The number of hydrogen-bond donors (Lipinski definition) is 1. The number of unbranched alkanes of at least 4 members (excludes halogenated alkanes) is 7. The number of piperazine rings is 1. The van der Waals surface area contributed by atoms with Crippen LogP contribution in [0.2, 0.25) is 0 Å². The Hall–Kier alpha value is -1.06. The van der Waals surface area contributed by atoms with Crippen LogP contribution in [0.25, 0.3) is 0 Å². The summed E-state index contributed by atoms with van der Waals surface area (Å²) in [6.07, 6.45) is 11.5. The van der Waals surface area contributed by atoms with Crippen molar-refractivity contribution in [2.24, 2.45) is 0 Å². The monoisotopic (exact) mass is 346 g/mol. The topological polar surface area (TPSA) is 26.7 Å². The predicted molar refractivity (Wildman–Crippen MR) is 108 cm³/mol. The molecule has 0 saturated carbocycles. The summed E-state index contributed by atoms with van der Waals surface area (Å²) in [5.74, 6) is 0. The van der Waals surface area contributed by atoms with E-state index >= 15 is 0 Å². The zero-order chi connectivity index (χ0) is 17.7. The van der Waals surface area contributed by atoms with Crippen LogP contribution in [0.4, 0.5) is 5.69 Å². The molecule has 1 atom stereocenters. The average molecular weight is 347 g/mol. The molecule has 1 aliphatic heterocycles. The van der Waals surface area contributed by atoms with E-state index in [9.17, 15) is 5.11 Å². The van der Waals surface area contributed by atoms with Gasteiger partial charge in [-0.3, -0.25) is 4.90 Å². The van der Waals surface area contributed by atoms with Gasteiger partial charge in [0.1, 0.15) is 0 Å². The predicted octanol–water partition coefficient (Wildman–Crippen LogP) is 4.70. The van der Waals surface area contributed by atoms with Gasteiger partial charge in [0, 0.05) is 38.4 Å². The molecule has 1 fully saturated rings. The number of benzene rings is 1. The van der Waals surface area contributed by atoms with Crippen LogP contribution in [0.3, 0.4) is 0 Å². The second-order valence-corrected chi connectivity index (χ2v) is 7.54. The Balaban J connectivity index is 1.50. The van der Waals surface area contributed by atoms with Crippen molar-refractivity contribution >= 4 is 5.69 Å². The van der Waals surface area contributed by atoms with Gasteiger partial charge >= 0.3 is 0 Å². The molecule has 0 amide bonds. The highest BCUT2D eigenvalue weighted by Gasteiger charge is 2.19. The molecule has 1 aromatic rings. The number of rotatable bonds is 12. The van der Waals surface area contributed by atoms with Crippen molar-refractivity contribution in [3.05, 3.63) is 30.3 Å². The maximum absolute atomic E-state index is 10.3. The summed E-state index contributed by atoms with van der Waals surface area (Å²) in [5, 5.41) is 10.3. The molecule has 142 valence electrons. The van der Waals surface area contributed by atoms with E-state index in [2.05, 4.69) is 47.1 Å².